The molecule has 0 unspecified atom stereocenters. The van der Waals surface area contributed by atoms with Gasteiger partial charge in [0.15, 0.2) is 0 Å². The van der Waals surface area contributed by atoms with Crippen LogP contribution in [0.25, 0.3) is 0 Å². The molecule has 6 aliphatic rings. The van der Waals surface area contributed by atoms with Gasteiger partial charge in [0.1, 0.15) is 5.60 Å². The first-order chi connectivity index (χ1) is 16.6. The van der Waals surface area contributed by atoms with E-state index < -0.39 is 5.60 Å². The molecule has 0 bridgehead atoms. The Bertz CT molecular complexity index is 856. The number of likely N-dealkylation sites (tertiary alicyclic amines) is 1. The second-order valence-electron chi connectivity index (χ2n) is 11.9. The van der Waals surface area contributed by atoms with Gasteiger partial charge in [-0.25, -0.2) is 4.79 Å². The molecule has 3 amide bonds. The predicted octanol–water partition coefficient (Wildman–Crippen LogP) is 0.979. The number of carbonyl (C=O) groups is 3. The zero-order valence-electron chi connectivity index (χ0n) is 21.8. The van der Waals surface area contributed by atoms with Gasteiger partial charge in [-0.15, -0.1) is 12.4 Å². The van der Waals surface area contributed by atoms with E-state index in [2.05, 4.69) is 5.32 Å². The summed E-state index contributed by atoms with van der Waals surface area (Å²) in [6.45, 7) is 14.2. The second kappa shape index (κ2) is 10.3. The van der Waals surface area contributed by atoms with Crippen LogP contribution in [0, 0.1) is 22.7 Å². The smallest absolute Gasteiger partial charge is 0.410 e. The molecule has 0 aromatic heterocycles. The summed E-state index contributed by atoms with van der Waals surface area (Å²) < 4.78 is 15.9. The predicted molar refractivity (Wildman–Crippen MR) is 134 cm³/mol. The summed E-state index contributed by atoms with van der Waals surface area (Å²) in [6.07, 6.45) is 1.71. The maximum Gasteiger partial charge on any atom is 0.410 e. The number of fused-ring (bicyclic) bond motifs is 2. The van der Waals surface area contributed by atoms with Crippen LogP contribution in [-0.4, -0.2) is 117 Å². The highest BCUT2D eigenvalue weighted by Gasteiger charge is 2.67. The van der Waals surface area contributed by atoms with Crippen molar-refractivity contribution in [3.8, 4) is 0 Å². The minimum atomic E-state index is -0.495. The number of ether oxygens (including phenoxy) is 3. The quantitative estimate of drug-likeness (QED) is 0.570. The Morgan fingerprint density at radius 3 is 1.83 bits per heavy atom. The van der Waals surface area contributed by atoms with Crippen molar-refractivity contribution in [1.82, 2.24) is 20.0 Å². The average Bonchev–Trinajstić information content (AvgIpc) is 3.65. The maximum atomic E-state index is 12.7. The molecular formula is C25H41ClN4O6. The molecular weight excluding hydrogens is 488 g/mol. The minimum Gasteiger partial charge on any atom is -0.444 e. The largest absolute Gasteiger partial charge is 0.444 e. The number of nitrogens with one attached hydrogen (secondary N) is 1. The van der Waals surface area contributed by atoms with Crippen LogP contribution in [0.5, 0.6) is 0 Å². The number of morpholine rings is 2. The van der Waals surface area contributed by atoms with Gasteiger partial charge in [-0.3, -0.25) is 9.59 Å². The summed E-state index contributed by atoms with van der Waals surface area (Å²) in [4.78, 5) is 42.6. The van der Waals surface area contributed by atoms with Gasteiger partial charge in [-0.2, -0.15) is 0 Å². The average molecular weight is 529 g/mol. The topological polar surface area (TPSA) is 101 Å². The van der Waals surface area contributed by atoms with Crippen molar-refractivity contribution in [3.05, 3.63) is 0 Å². The van der Waals surface area contributed by atoms with E-state index in [1.54, 1.807) is 4.90 Å². The van der Waals surface area contributed by atoms with E-state index in [0.717, 1.165) is 39.0 Å². The lowest BCUT2D eigenvalue weighted by atomic mass is 10.0. The Balaban J connectivity index is 0.000000176. The molecule has 4 aliphatic heterocycles. The zero-order valence-corrected chi connectivity index (χ0v) is 22.6. The number of nitrogens with zero attached hydrogens (tertiary/aromatic N) is 3. The highest BCUT2D eigenvalue weighted by atomic mass is 35.5. The van der Waals surface area contributed by atoms with Gasteiger partial charge in [0, 0.05) is 45.8 Å². The number of carbonyl (C=O) groups excluding carboxylic acids is 3. The molecule has 4 saturated heterocycles. The van der Waals surface area contributed by atoms with Crippen LogP contribution in [0.4, 0.5) is 4.79 Å². The van der Waals surface area contributed by atoms with Crippen molar-refractivity contribution < 1.29 is 28.6 Å². The summed E-state index contributed by atoms with van der Waals surface area (Å²) in [7, 11) is 0. The van der Waals surface area contributed by atoms with Crippen molar-refractivity contribution >= 4 is 30.3 Å². The van der Waals surface area contributed by atoms with Crippen molar-refractivity contribution in [3.63, 3.8) is 0 Å². The van der Waals surface area contributed by atoms with E-state index in [-0.39, 0.29) is 35.2 Å². The summed E-state index contributed by atoms with van der Waals surface area (Å²) in [6, 6.07) is 0. The molecule has 11 heteroatoms. The number of amides is 3. The lowest BCUT2D eigenvalue weighted by molar-refractivity contribution is -0.141. The van der Waals surface area contributed by atoms with Gasteiger partial charge in [0.25, 0.3) is 0 Å². The first kappa shape index (κ1) is 27.4. The fourth-order valence-electron chi connectivity index (χ4n) is 6.11. The van der Waals surface area contributed by atoms with E-state index in [0.29, 0.717) is 70.3 Å². The van der Waals surface area contributed by atoms with E-state index in [1.165, 1.54) is 0 Å². The number of hydrogen-bond donors (Lipinski definition) is 1. The highest BCUT2D eigenvalue weighted by Crippen LogP contribution is 2.59. The van der Waals surface area contributed by atoms with Crippen LogP contribution in [0.1, 0.15) is 33.6 Å². The Labute approximate surface area is 219 Å². The van der Waals surface area contributed by atoms with Crippen LogP contribution in [-0.2, 0) is 23.8 Å². The molecule has 6 fully saturated rings. The fraction of sp³-hybridized carbons (Fsp3) is 0.880. The third-order valence-electron chi connectivity index (χ3n) is 8.31. The standard InChI is InChI=1S/C15H24N2O4.C10H16N2O2.ClH/c1-14(2,3)21-13(19)17-9-11-8-15(11,10-17)12(18)16-4-6-20-7-5-16;13-9(12-1-3-14-4-2-12)10-5-8(10)6-11-7-10;/h11H,4-10H2,1-3H3;8,11H,1-7H2;1H/t11-,15-;8-,10-;/m11./s1. The van der Waals surface area contributed by atoms with Crippen LogP contribution < -0.4 is 5.32 Å². The summed E-state index contributed by atoms with van der Waals surface area (Å²) in [5, 5.41) is 3.30. The third kappa shape index (κ3) is 5.33. The highest BCUT2D eigenvalue weighted by molar-refractivity contribution is 5.88. The molecule has 4 atom stereocenters. The van der Waals surface area contributed by atoms with Gasteiger partial charge in [-0.1, -0.05) is 0 Å². The molecule has 0 spiro atoms. The third-order valence-corrected chi connectivity index (χ3v) is 8.31. The summed E-state index contributed by atoms with van der Waals surface area (Å²) >= 11 is 0. The van der Waals surface area contributed by atoms with Crippen LogP contribution in [0.2, 0.25) is 0 Å². The van der Waals surface area contributed by atoms with Crippen LogP contribution in [0.3, 0.4) is 0 Å². The normalized spacial score (nSPS) is 34.5. The molecule has 36 heavy (non-hydrogen) atoms. The van der Waals surface area contributed by atoms with Gasteiger partial charge < -0.3 is 34.2 Å². The van der Waals surface area contributed by atoms with Crippen molar-refractivity contribution in [2.45, 2.75) is 39.2 Å². The molecule has 0 aromatic rings. The second-order valence-corrected chi connectivity index (χ2v) is 11.9. The van der Waals surface area contributed by atoms with Gasteiger partial charge in [-0.05, 0) is 52.0 Å². The molecule has 2 saturated carbocycles. The number of piperidine rings is 2. The Morgan fingerprint density at radius 2 is 1.36 bits per heavy atom. The maximum absolute atomic E-state index is 12.7. The molecule has 2 aliphatic carbocycles. The van der Waals surface area contributed by atoms with E-state index >= 15 is 0 Å². The van der Waals surface area contributed by atoms with Crippen LogP contribution in [0.15, 0.2) is 0 Å². The molecule has 10 nitrogen and oxygen atoms in total. The van der Waals surface area contributed by atoms with Crippen molar-refractivity contribution in [1.29, 1.82) is 0 Å². The zero-order chi connectivity index (χ0) is 24.8. The van der Waals surface area contributed by atoms with Gasteiger partial charge >= 0.3 is 6.09 Å². The Hall–Kier alpha value is -1.62. The lowest BCUT2D eigenvalue weighted by Crippen LogP contribution is -2.46. The van der Waals surface area contributed by atoms with E-state index in [4.69, 9.17) is 14.2 Å². The van der Waals surface area contributed by atoms with Crippen molar-refractivity contribution in [2.24, 2.45) is 22.7 Å². The van der Waals surface area contributed by atoms with E-state index in [9.17, 15) is 14.4 Å². The first-order valence-electron chi connectivity index (χ1n) is 13.1. The Kier molecular flexibility index (Phi) is 7.82. The molecule has 0 aromatic carbocycles. The lowest BCUT2D eigenvalue weighted by Gasteiger charge is -2.31. The molecule has 6 rings (SSSR count). The molecule has 0 radical (unpaired) electrons. The fourth-order valence-corrected chi connectivity index (χ4v) is 6.11. The molecule has 4 heterocycles. The van der Waals surface area contributed by atoms with E-state index in [1.807, 2.05) is 30.6 Å². The number of rotatable bonds is 2. The minimum absolute atomic E-state index is 0. The van der Waals surface area contributed by atoms with Crippen LogP contribution >= 0.6 is 12.4 Å². The van der Waals surface area contributed by atoms with Gasteiger partial charge in [0.2, 0.25) is 11.8 Å². The number of halogens is 1. The molecule has 204 valence electrons. The van der Waals surface area contributed by atoms with Crippen molar-refractivity contribution in [2.75, 3.05) is 78.8 Å². The summed E-state index contributed by atoms with van der Waals surface area (Å²) in [5.41, 5.74) is -0.836. The monoisotopic (exact) mass is 528 g/mol. The Morgan fingerprint density at radius 1 is 0.833 bits per heavy atom. The molecule has 1 N–H and O–H groups in total. The first-order valence-corrected chi connectivity index (χ1v) is 13.1. The van der Waals surface area contributed by atoms with Gasteiger partial charge in [0.05, 0.1) is 37.3 Å². The summed E-state index contributed by atoms with van der Waals surface area (Å²) in [5.74, 6) is 1.50. The SMILES string of the molecule is CC(C)(C)OC(=O)N1C[C@H]2C[C@@]2(C(=O)N2CCOCC2)C1.Cl.O=C(N1CCOCC1)[C@]12CNC[C@H]1C2. The number of hydrogen-bond acceptors (Lipinski definition) is 7.